The van der Waals surface area contributed by atoms with Gasteiger partial charge in [-0.2, -0.15) is 0 Å². The molecule has 0 aliphatic heterocycles. The Morgan fingerprint density at radius 2 is 1.72 bits per heavy atom. The maximum Gasteiger partial charge on any atom is 0.251 e. The molecule has 1 aromatic heterocycles. The molecule has 2 aromatic carbocycles. The summed E-state index contributed by atoms with van der Waals surface area (Å²) < 4.78 is 1.74. The number of nitrogens with one attached hydrogen (secondary N) is 2. The Labute approximate surface area is 204 Å². The third-order valence-electron chi connectivity index (χ3n) is 4.52. The molecule has 0 aliphatic rings. The molecule has 7 nitrogen and oxygen atoms in total. The first-order valence-electron chi connectivity index (χ1n) is 9.49. The van der Waals surface area contributed by atoms with Crippen molar-refractivity contribution < 1.29 is 9.59 Å². The Morgan fingerprint density at radius 3 is 2.34 bits per heavy atom. The van der Waals surface area contributed by atoms with Gasteiger partial charge in [-0.15, -0.1) is 10.2 Å². The summed E-state index contributed by atoms with van der Waals surface area (Å²) in [6.07, 6.45) is 0. The maximum absolute atomic E-state index is 12.5. The molecule has 168 valence electrons. The molecule has 0 fully saturated rings. The number of anilines is 1. The number of hydrogen-bond donors (Lipinski definition) is 2. The third kappa shape index (κ3) is 5.95. The molecule has 1 heterocycles. The summed E-state index contributed by atoms with van der Waals surface area (Å²) in [6.45, 7) is 3.78. The van der Waals surface area contributed by atoms with Gasteiger partial charge in [0, 0.05) is 17.6 Å². The zero-order valence-corrected chi connectivity index (χ0v) is 20.5. The number of hydrogen-bond acceptors (Lipinski definition) is 5. The number of halogens is 3. The Balaban J connectivity index is 1.60. The largest absolute Gasteiger partial charge is 0.342 e. The lowest BCUT2D eigenvalue weighted by Crippen LogP contribution is -2.28. The second-order valence-electron chi connectivity index (χ2n) is 7.04. The van der Waals surface area contributed by atoms with Crippen molar-refractivity contribution in [1.29, 1.82) is 0 Å². The highest BCUT2D eigenvalue weighted by Gasteiger charge is 2.19. The molecule has 11 heteroatoms. The van der Waals surface area contributed by atoms with Crippen LogP contribution in [0.4, 0.5) is 5.69 Å². The van der Waals surface area contributed by atoms with Crippen LogP contribution in [-0.2, 0) is 11.8 Å². The van der Waals surface area contributed by atoms with Gasteiger partial charge in [-0.25, -0.2) is 0 Å². The number of aryl methyl sites for hydroxylation is 1. The number of benzene rings is 2. The highest BCUT2D eigenvalue weighted by Crippen LogP contribution is 2.33. The zero-order chi connectivity index (χ0) is 23.4. The lowest BCUT2D eigenvalue weighted by atomic mass is 10.1. The summed E-state index contributed by atoms with van der Waals surface area (Å²) in [6, 6.07) is 9.92. The minimum absolute atomic E-state index is 0.0609. The molecule has 32 heavy (non-hydrogen) atoms. The van der Waals surface area contributed by atoms with Crippen molar-refractivity contribution in [3.8, 4) is 0 Å². The van der Waals surface area contributed by atoms with Gasteiger partial charge < -0.3 is 15.2 Å². The van der Waals surface area contributed by atoms with Crippen molar-refractivity contribution in [2.75, 3.05) is 11.1 Å². The number of carbonyl (C=O) groups excluding carboxylic acids is 2. The van der Waals surface area contributed by atoms with E-state index in [2.05, 4.69) is 20.8 Å². The van der Waals surface area contributed by atoms with Crippen LogP contribution in [0.5, 0.6) is 0 Å². The van der Waals surface area contributed by atoms with Gasteiger partial charge in [0.2, 0.25) is 5.91 Å². The van der Waals surface area contributed by atoms with Gasteiger partial charge in [-0.05, 0) is 38.1 Å². The van der Waals surface area contributed by atoms with E-state index in [1.165, 1.54) is 23.9 Å². The van der Waals surface area contributed by atoms with E-state index in [1.54, 1.807) is 23.7 Å². The second kappa shape index (κ2) is 10.6. The van der Waals surface area contributed by atoms with Gasteiger partial charge in [-0.3, -0.25) is 9.59 Å². The highest BCUT2D eigenvalue weighted by atomic mass is 35.5. The Hall–Kier alpha value is -2.26. The number of nitrogens with zero attached hydrogens (tertiary/aromatic N) is 3. The van der Waals surface area contributed by atoms with Crippen molar-refractivity contribution in [2.24, 2.45) is 7.05 Å². The van der Waals surface area contributed by atoms with Gasteiger partial charge in [0.05, 0.1) is 27.5 Å². The summed E-state index contributed by atoms with van der Waals surface area (Å²) in [5.41, 5.74) is 1.94. The van der Waals surface area contributed by atoms with Crippen LogP contribution in [0.25, 0.3) is 0 Å². The van der Waals surface area contributed by atoms with Crippen LogP contribution < -0.4 is 10.6 Å². The molecule has 2 N–H and O–H groups in total. The van der Waals surface area contributed by atoms with E-state index in [9.17, 15) is 9.59 Å². The molecule has 0 radical (unpaired) electrons. The monoisotopic (exact) mass is 511 g/mol. The molecule has 0 aliphatic carbocycles. The van der Waals surface area contributed by atoms with Crippen molar-refractivity contribution in [3.05, 3.63) is 68.4 Å². The first-order valence-corrected chi connectivity index (χ1v) is 11.6. The molecular formula is C21H20Cl3N5O2S. The average Bonchev–Trinajstić information content (AvgIpc) is 3.10. The van der Waals surface area contributed by atoms with Crippen molar-refractivity contribution in [1.82, 2.24) is 20.1 Å². The van der Waals surface area contributed by atoms with Gasteiger partial charge >= 0.3 is 0 Å². The minimum Gasteiger partial charge on any atom is -0.342 e. The normalized spacial score (nSPS) is 11.8. The summed E-state index contributed by atoms with van der Waals surface area (Å²) >= 11 is 19.3. The average molecular weight is 513 g/mol. The zero-order valence-electron chi connectivity index (χ0n) is 17.4. The number of rotatable bonds is 7. The van der Waals surface area contributed by atoms with Crippen LogP contribution in [0.2, 0.25) is 15.1 Å². The molecule has 3 aromatic rings. The standard InChI is InChI=1S/C21H20Cl3N5O2S/c1-11-4-6-13(7-5-11)20(31)25-12(2)19-27-28-21(29(19)3)32-10-17(30)26-18-15(23)8-14(22)9-16(18)24/h4-9,12H,10H2,1-3H3,(H,25,31)(H,26,30)/t12-/m1/s1. The topological polar surface area (TPSA) is 88.9 Å². The van der Waals surface area contributed by atoms with Crippen LogP contribution in [0.3, 0.4) is 0 Å². The highest BCUT2D eigenvalue weighted by molar-refractivity contribution is 7.99. The molecule has 0 spiro atoms. The van der Waals surface area contributed by atoms with Gasteiger partial charge in [-0.1, -0.05) is 64.3 Å². The van der Waals surface area contributed by atoms with E-state index in [0.717, 1.165) is 5.56 Å². The molecule has 0 saturated heterocycles. The maximum atomic E-state index is 12.5. The fraction of sp³-hybridized carbons (Fsp3) is 0.238. The minimum atomic E-state index is -0.379. The van der Waals surface area contributed by atoms with Gasteiger partial charge in [0.15, 0.2) is 11.0 Å². The molecule has 2 amide bonds. The molecule has 0 bridgehead atoms. The summed E-state index contributed by atoms with van der Waals surface area (Å²) in [4.78, 5) is 24.8. The van der Waals surface area contributed by atoms with E-state index in [4.69, 9.17) is 34.8 Å². The predicted molar refractivity (Wildman–Crippen MR) is 129 cm³/mol. The molecule has 3 rings (SSSR count). The van der Waals surface area contributed by atoms with Crippen LogP contribution in [-0.4, -0.2) is 32.3 Å². The fourth-order valence-electron chi connectivity index (χ4n) is 2.85. The van der Waals surface area contributed by atoms with Crippen LogP contribution in [0.15, 0.2) is 41.6 Å². The lowest BCUT2D eigenvalue weighted by Gasteiger charge is -2.14. The quantitative estimate of drug-likeness (QED) is 0.419. The molecule has 1 atom stereocenters. The Morgan fingerprint density at radius 1 is 1.09 bits per heavy atom. The van der Waals surface area contributed by atoms with E-state index >= 15 is 0 Å². The Kier molecular flexibility index (Phi) is 8.05. The number of amides is 2. The van der Waals surface area contributed by atoms with Crippen LogP contribution >= 0.6 is 46.6 Å². The molecule has 0 saturated carbocycles. The lowest BCUT2D eigenvalue weighted by molar-refractivity contribution is -0.113. The number of aromatic nitrogens is 3. The number of thioether (sulfide) groups is 1. The molecule has 0 unspecified atom stereocenters. The number of carbonyl (C=O) groups is 2. The van der Waals surface area contributed by atoms with Gasteiger partial charge in [0.25, 0.3) is 5.91 Å². The summed E-state index contributed by atoms with van der Waals surface area (Å²) in [5, 5.41) is 15.3. The summed E-state index contributed by atoms with van der Waals surface area (Å²) in [5.74, 6) is 0.111. The fourth-order valence-corrected chi connectivity index (χ4v) is 4.48. The first-order chi connectivity index (χ1) is 15.2. The van der Waals surface area contributed by atoms with Crippen molar-refractivity contribution >= 4 is 64.1 Å². The van der Waals surface area contributed by atoms with Crippen molar-refractivity contribution in [3.63, 3.8) is 0 Å². The smallest absolute Gasteiger partial charge is 0.251 e. The van der Waals surface area contributed by atoms with E-state index in [-0.39, 0.29) is 33.7 Å². The Bertz CT molecular complexity index is 1130. The SMILES string of the molecule is Cc1ccc(C(=O)N[C@H](C)c2nnc(SCC(=O)Nc3c(Cl)cc(Cl)cc3Cl)n2C)cc1. The molecular weight excluding hydrogens is 493 g/mol. The van der Waals surface area contributed by atoms with E-state index in [1.807, 2.05) is 26.0 Å². The second-order valence-corrected chi connectivity index (χ2v) is 9.24. The van der Waals surface area contributed by atoms with E-state index < -0.39 is 0 Å². The van der Waals surface area contributed by atoms with Crippen LogP contribution in [0, 0.1) is 6.92 Å². The summed E-state index contributed by atoms with van der Waals surface area (Å²) in [7, 11) is 1.77. The first kappa shape index (κ1) is 24.4. The van der Waals surface area contributed by atoms with Crippen molar-refractivity contribution in [2.45, 2.75) is 25.0 Å². The predicted octanol–water partition coefficient (Wildman–Crippen LogP) is 5.31. The van der Waals surface area contributed by atoms with E-state index in [0.29, 0.717) is 27.3 Å². The third-order valence-corrected chi connectivity index (χ3v) is 6.36. The van der Waals surface area contributed by atoms with Gasteiger partial charge in [0.1, 0.15) is 0 Å². The van der Waals surface area contributed by atoms with Crippen LogP contribution in [0.1, 0.15) is 34.7 Å².